The lowest BCUT2D eigenvalue weighted by molar-refractivity contribution is 0.0149. The predicted octanol–water partition coefficient (Wildman–Crippen LogP) is 5.09. The van der Waals surface area contributed by atoms with E-state index < -0.39 is 0 Å². The van der Waals surface area contributed by atoms with Crippen LogP contribution in [-0.2, 0) is 11.3 Å². The largest absolute Gasteiger partial charge is 0.368 e. The Bertz CT molecular complexity index is 749. The summed E-state index contributed by atoms with van der Waals surface area (Å²) >= 11 is 0. The highest BCUT2D eigenvalue weighted by molar-refractivity contribution is 5.42. The minimum absolute atomic E-state index is 0.0681. The van der Waals surface area contributed by atoms with Crippen LogP contribution in [0.25, 0.3) is 0 Å². The Hall–Kier alpha value is -2.38. The molecule has 1 heteroatoms. The third-order valence-corrected chi connectivity index (χ3v) is 4.40. The van der Waals surface area contributed by atoms with Gasteiger partial charge in [0.1, 0.15) is 0 Å². The van der Waals surface area contributed by atoms with Crippen LogP contribution in [0.15, 0.2) is 84.9 Å². The molecule has 2 unspecified atom stereocenters. The first kappa shape index (κ1) is 13.3. The first-order valence-electron chi connectivity index (χ1n) is 7.73. The number of rotatable bonds is 2. The molecule has 22 heavy (non-hydrogen) atoms. The van der Waals surface area contributed by atoms with Crippen molar-refractivity contribution in [2.75, 3.05) is 0 Å². The van der Waals surface area contributed by atoms with Gasteiger partial charge in [-0.3, -0.25) is 0 Å². The third kappa shape index (κ3) is 2.34. The number of fused-ring (bicyclic) bond motifs is 1. The second kappa shape index (κ2) is 5.78. The topological polar surface area (TPSA) is 9.23 Å². The van der Waals surface area contributed by atoms with E-state index in [4.69, 9.17) is 4.74 Å². The highest BCUT2D eigenvalue weighted by atomic mass is 16.5. The molecule has 1 heterocycles. The number of hydrogen-bond donors (Lipinski definition) is 0. The summed E-state index contributed by atoms with van der Waals surface area (Å²) in [6, 6.07) is 29.9. The van der Waals surface area contributed by atoms with Crippen LogP contribution in [0.5, 0.6) is 0 Å². The summed E-state index contributed by atoms with van der Waals surface area (Å²) in [6.45, 7) is 0.680. The zero-order valence-corrected chi connectivity index (χ0v) is 12.4. The molecule has 3 aromatic carbocycles. The monoisotopic (exact) mass is 286 g/mol. The Morgan fingerprint density at radius 2 is 1.23 bits per heavy atom. The smallest absolute Gasteiger partial charge is 0.0938 e. The molecule has 0 N–H and O–H groups in total. The van der Waals surface area contributed by atoms with Gasteiger partial charge in [0.2, 0.25) is 0 Å². The summed E-state index contributed by atoms with van der Waals surface area (Å²) in [6.07, 6.45) is 0.0681. The SMILES string of the molecule is c1ccc(C2OCc3ccccc3C2c2ccccc2)cc1. The lowest BCUT2D eigenvalue weighted by atomic mass is 9.80. The second-order valence-electron chi connectivity index (χ2n) is 5.73. The van der Waals surface area contributed by atoms with Gasteiger partial charge in [-0.1, -0.05) is 84.9 Å². The minimum atomic E-state index is 0.0681. The molecular weight excluding hydrogens is 268 g/mol. The lowest BCUT2D eigenvalue weighted by Crippen LogP contribution is -2.22. The fraction of sp³-hybridized carbons (Fsp3) is 0.143. The average Bonchev–Trinajstić information content (AvgIpc) is 2.62. The molecule has 3 aromatic rings. The molecule has 0 aliphatic carbocycles. The summed E-state index contributed by atoms with van der Waals surface area (Å²) in [5.74, 6) is 0.244. The summed E-state index contributed by atoms with van der Waals surface area (Å²) in [7, 11) is 0. The van der Waals surface area contributed by atoms with E-state index >= 15 is 0 Å². The Morgan fingerprint density at radius 3 is 1.95 bits per heavy atom. The maximum atomic E-state index is 6.26. The van der Waals surface area contributed by atoms with Crippen molar-refractivity contribution in [2.45, 2.75) is 18.6 Å². The standard InChI is InChI=1S/C21H18O/c1-3-9-16(10-4-1)20-19-14-8-7-13-18(19)15-22-21(20)17-11-5-2-6-12-17/h1-14,20-21H,15H2. The molecule has 108 valence electrons. The van der Waals surface area contributed by atoms with Crippen LogP contribution in [-0.4, -0.2) is 0 Å². The van der Waals surface area contributed by atoms with E-state index in [1.807, 2.05) is 0 Å². The molecule has 1 aliphatic rings. The molecule has 1 nitrogen and oxygen atoms in total. The van der Waals surface area contributed by atoms with Crippen molar-refractivity contribution in [3.05, 3.63) is 107 Å². The van der Waals surface area contributed by atoms with Crippen molar-refractivity contribution >= 4 is 0 Å². The van der Waals surface area contributed by atoms with Gasteiger partial charge in [0.05, 0.1) is 12.7 Å². The van der Waals surface area contributed by atoms with Crippen molar-refractivity contribution in [1.29, 1.82) is 0 Å². The van der Waals surface area contributed by atoms with Gasteiger partial charge in [-0.2, -0.15) is 0 Å². The van der Waals surface area contributed by atoms with Gasteiger partial charge in [0, 0.05) is 5.92 Å². The fourth-order valence-corrected chi connectivity index (χ4v) is 3.35. The van der Waals surface area contributed by atoms with Gasteiger partial charge in [-0.05, 0) is 22.3 Å². The quantitative estimate of drug-likeness (QED) is 0.637. The van der Waals surface area contributed by atoms with Gasteiger partial charge in [-0.25, -0.2) is 0 Å². The molecular formula is C21H18O. The number of ether oxygens (including phenoxy) is 1. The normalized spacial score (nSPS) is 20.4. The molecule has 2 atom stereocenters. The Balaban J connectivity index is 1.86. The van der Waals surface area contributed by atoms with Crippen molar-refractivity contribution in [3.8, 4) is 0 Å². The molecule has 0 fully saturated rings. The van der Waals surface area contributed by atoms with Crippen molar-refractivity contribution in [2.24, 2.45) is 0 Å². The highest BCUT2D eigenvalue weighted by Gasteiger charge is 2.32. The first-order chi connectivity index (χ1) is 10.9. The average molecular weight is 286 g/mol. The maximum Gasteiger partial charge on any atom is 0.0938 e. The summed E-state index contributed by atoms with van der Waals surface area (Å²) in [4.78, 5) is 0. The number of benzene rings is 3. The molecule has 0 saturated heterocycles. The van der Waals surface area contributed by atoms with Crippen LogP contribution >= 0.6 is 0 Å². The maximum absolute atomic E-state index is 6.26. The Morgan fingerprint density at radius 1 is 0.636 bits per heavy atom. The predicted molar refractivity (Wildman–Crippen MR) is 88.7 cm³/mol. The minimum Gasteiger partial charge on any atom is -0.368 e. The van der Waals surface area contributed by atoms with E-state index in [2.05, 4.69) is 84.9 Å². The first-order valence-corrected chi connectivity index (χ1v) is 7.73. The Kier molecular flexibility index (Phi) is 3.49. The third-order valence-electron chi connectivity index (χ3n) is 4.40. The molecule has 0 saturated carbocycles. The van der Waals surface area contributed by atoms with Gasteiger partial charge in [0.15, 0.2) is 0 Å². The van der Waals surface area contributed by atoms with Gasteiger partial charge >= 0.3 is 0 Å². The van der Waals surface area contributed by atoms with E-state index in [9.17, 15) is 0 Å². The molecule has 1 aliphatic heterocycles. The second-order valence-corrected chi connectivity index (χ2v) is 5.73. The molecule has 0 amide bonds. The Labute approximate surface area is 131 Å². The molecule has 0 bridgehead atoms. The zero-order valence-electron chi connectivity index (χ0n) is 12.4. The molecule has 0 aromatic heterocycles. The van der Waals surface area contributed by atoms with Crippen LogP contribution in [0.3, 0.4) is 0 Å². The summed E-state index contributed by atoms with van der Waals surface area (Å²) in [5.41, 5.74) is 5.23. The van der Waals surface area contributed by atoms with Crippen molar-refractivity contribution in [3.63, 3.8) is 0 Å². The van der Waals surface area contributed by atoms with E-state index in [-0.39, 0.29) is 12.0 Å². The zero-order chi connectivity index (χ0) is 14.8. The fourth-order valence-electron chi connectivity index (χ4n) is 3.35. The molecule has 0 spiro atoms. The van der Waals surface area contributed by atoms with E-state index in [1.165, 1.54) is 22.3 Å². The van der Waals surface area contributed by atoms with Crippen molar-refractivity contribution < 1.29 is 4.74 Å². The van der Waals surface area contributed by atoms with Crippen LogP contribution in [0.4, 0.5) is 0 Å². The van der Waals surface area contributed by atoms with E-state index in [1.54, 1.807) is 0 Å². The van der Waals surface area contributed by atoms with E-state index in [0.717, 1.165) is 0 Å². The van der Waals surface area contributed by atoms with Crippen LogP contribution in [0, 0.1) is 0 Å². The van der Waals surface area contributed by atoms with Crippen LogP contribution < -0.4 is 0 Å². The van der Waals surface area contributed by atoms with Gasteiger partial charge in [0.25, 0.3) is 0 Å². The highest BCUT2D eigenvalue weighted by Crippen LogP contribution is 2.44. The van der Waals surface area contributed by atoms with Crippen LogP contribution in [0.2, 0.25) is 0 Å². The molecule has 0 radical (unpaired) electrons. The van der Waals surface area contributed by atoms with Gasteiger partial charge in [-0.15, -0.1) is 0 Å². The summed E-state index contributed by atoms with van der Waals surface area (Å²) < 4.78 is 6.26. The van der Waals surface area contributed by atoms with Gasteiger partial charge < -0.3 is 4.74 Å². The lowest BCUT2D eigenvalue weighted by Gasteiger charge is -2.34. The van der Waals surface area contributed by atoms with Crippen LogP contribution in [0.1, 0.15) is 34.3 Å². The van der Waals surface area contributed by atoms with E-state index in [0.29, 0.717) is 6.61 Å². The summed E-state index contributed by atoms with van der Waals surface area (Å²) in [5, 5.41) is 0. The van der Waals surface area contributed by atoms with Crippen molar-refractivity contribution in [1.82, 2.24) is 0 Å². The molecule has 4 rings (SSSR count). The number of hydrogen-bond acceptors (Lipinski definition) is 1.